The molecule has 28 heavy (non-hydrogen) atoms. The van der Waals surface area contributed by atoms with Crippen LogP contribution in [-0.4, -0.2) is 57.5 Å². The van der Waals surface area contributed by atoms with Crippen LogP contribution in [0.4, 0.5) is 0 Å². The Bertz CT molecular complexity index is 997. The predicted molar refractivity (Wildman–Crippen MR) is 106 cm³/mol. The van der Waals surface area contributed by atoms with E-state index >= 15 is 0 Å². The molecule has 1 aliphatic heterocycles. The van der Waals surface area contributed by atoms with Crippen molar-refractivity contribution in [1.29, 1.82) is 0 Å². The molecule has 1 aromatic carbocycles. The summed E-state index contributed by atoms with van der Waals surface area (Å²) in [5.74, 6) is 1.55. The minimum atomic E-state index is -0.00297. The van der Waals surface area contributed by atoms with E-state index in [9.17, 15) is 4.79 Å². The number of rotatable bonds is 7. The topological polar surface area (TPSA) is 86.3 Å². The van der Waals surface area contributed by atoms with Gasteiger partial charge in [-0.2, -0.15) is 0 Å². The van der Waals surface area contributed by atoms with Crippen molar-refractivity contribution in [2.75, 3.05) is 32.8 Å². The van der Waals surface area contributed by atoms with E-state index in [0.717, 1.165) is 39.3 Å². The molecule has 0 unspecified atom stereocenters. The van der Waals surface area contributed by atoms with Gasteiger partial charge >= 0.3 is 0 Å². The standard InChI is InChI=1S/C19H23N5O3S/c1-14-21-22-17(27-14)13-28-19-20-16-6-3-2-5-15(16)18(25)24(19)8-4-7-23-9-11-26-12-10-23/h2-3,5-6H,4,7-13H2,1H3. The highest BCUT2D eigenvalue weighted by molar-refractivity contribution is 7.98. The van der Waals surface area contributed by atoms with Crippen LogP contribution in [-0.2, 0) is 17.0 Å². The van der Waals surface area contributed by atoms with Gasteiger partial charge in [0.15, 0.2) is 5.16 Å². The van der Waals surface area contributed by atoms with E-state index in [1.165, 1.54) is 11.8 Å². The zero-order valence-electron chi connectivity index (χ0n) is 15.8. The van der Waals surface area contributed by atoms with E-state index in [2.05, 4.69) is 15.1 Å². The zero-order valence-corrected chi connectivity index (χ0v) is 16.7. The molecule has 9 heteroatoms. The second-order valence-corrected chi connectivity index (χ2v) is 7.62. The average Bonchev–Trinajstić information content (AvgIpc) is 3.14. The minimum Gasteiger partial charge on any atom is -0.425 e. The van der Waals surface area contributed by atoms with Gasteiger partial charge in [0, 0.05) is 33.1 Å². The van der Waals surface area contributed by atoms with Crippen LogP contribution in [0.3, 0.4) is 0 Å². The maximum atomic E-state index is 13.1. The van der Waals surface area contributed by atoms with Gasteiger partial charge < -0.3 is 9.15 Å². The third-order valence-electron chi connectivity index (χ3n) is 4.68. The van der Waals surface area contributed by atoms with E-state index < -0.39 is 0 Å². The number of benzene rings is 1. The molecule has 3 heterocycles. The Kier molecular flexibility index (Phi) is 6.04. The van der Waals surface area contributed by atoms with Crippen molar-refractivity contribution < 1.29 is 9.15 Å². The fourth-order valence-corrected chi connectivity index (χ4v) is 4.12. The SMILES string of the molecule is Cc1nnc(CSc2nc3ccccc3c(=O)n2CCCN2CCOCC2)o1. The van der Waals surface area contributed by atoms with Crippen molar-refractivity contribution in [2.24, 2.45) is 0 Å². The molecule has 1 saturated heterocycles. The van der Waals surface area contributed by atoms with Crippen LogP contribution in [0.2, 0.25) is 0 Å². The zero-order chi connectivity index (χ0) is 19.3. The van der Waals surface area contributed by atoms with Gasteiger partial charge in [0.05, 0.1) is 29.9 Å². The maximum Gasteiger partial charge on any atom is 0.262 e. The molecule has 1 aliphatic rings. The Labute approximate surface area is 166 Å². The van der Waals surface area contributed by atoms with Crippen LogP contribution in [0.25, 0.3) is 10.9 Å². The molecule has 0 bridgehead atoms. The average molecular weight is 401 g/mol. The number of hydrogen-bond donors (Lipinski definition) is 0. The molecule has 0 saturated carbocycles. The Morgan fingerprint density at radius 3 is 2.75 bits per heavy atom. The highest BCUT2D eigenvalue weighted by atomic mass is 32.2. The lowest BCUT2D eigenvalue weighted by molar-refractivity contribution is 0.0368. The third-order valence-corrected chi connectivity index (χ3v) is 5.64. The van der Waals surface area contributed by atoms with Crippen LogP contribution in [0.15, 0.2) is 38.6 Å². The summed E-state index contributed by atoms with van der Waals surface area (Å²) in [6.07, 6.45) is 0.882. The molecule has 0 atom stereocenters. The fourth-order valence-electron chi connectivity index (χ4n) is 3.25. The first kappa shape index (κ1) is 19.1. The van der Waals surface area contributed by atoms with Crippen molar-refractivity contribution in [3.05, 3.63) is 46.4 Å². The number of hydrogen-bond acceptors (Lipinski definition) is 8. The van der Waals surface area contributed by atoms with Crippen molar-refractivity contribution in [3.63, 3.8) is 0 Å². The summed E-state index contributed by atoms with van der Waals surface area (Å²) in [4.78, 5) is 20.2. The molecule has 1 fully saturated rings. The van der Waals surface area contributed by atoms with Crippen molar-refractivity contribution >= 4 is 22.7 Å². The van der Waals surface area contributed by atoms with Crippen molar-refractivity contribution in [1.82, 2.24) is 24.6 Å². The van der Waals surface area contributed by atoms with Gasteiger partial charge in [-0.15, -0.1) is 10.2 Å². The van der Waals surface area contributed by atoms with Gasteiger partial charge in [-0.05, 0) is 18.6 Å². The van der Waals surface area contributed by atoms with E-state index in [1.54, 1.807) is 11.5 Å². The van der Waals surface area contributed by atoms with E-state index in [-0.39, 0.29) is 5.56 Å². The Hall–Kier alpha value is -2.23. The molecule has 0 amide bonds. The first-order valence-corrected chi connectivity index (χ1v) is 10.4. The molecule has 0 radical (unpaired) electrons. The number of aryl methyl sites for hydroxylation is 1. The summed E-state index contributed by atoms with van der Waals surface area (Å²) in [5.41, 5.74) is 0.706. The summed E-state index contributed by atoms with van der Waals surface area (Å²) >= 11 is 1.45. The van der Waals surface area contributed by atoms with Crippen molar-refractivity contribution in [3.8, 4) is 0 Å². The highest BCUT2D eigenvalue weighted by Gasteiger charge is 2.15. The summed E-state index contributed by atoms with van der Waals surface area (Å²) in [6.45, 7) is 6.78. The molecule has 0 N–H and O–H groups in total. The number of nitrogens with zero attached hydrogens (tertiary/aromatic N) is 5. The quantitative estimate of drug-likeness (QED) is 0.439. The van der Waals surface area contributed by atoms with E-state index in [0.29, 0.717) is 40.1 Å². The molecule has 0 spiro atoms. The molecule has 2 aromatic heterocycles. The molecule has 0 aliphatic carbocycles. The number of thioether (sulfide) groups is 1. The van der Waals surface area contributed by atoms with Gasteiger partial charge in [-0.3, -0.25) is 14.3 Å². The predicted octanol–water partition coefficient (Wildman–Crippen LogP) is 2.10. The lowest BCUT2D eigenvalue weighted by atomic mass is 10.2. The van der Waals surface area contributed by atoms with Crippen molar-refractivity contribution in [2.45, 2.75) is 30.8 Å². The van der Waals surface area contributed by atoms with E-state index in [4.69, 9.17) is 14.1 Å². The largest absolute Gasteiger partial charge is 0.425 e. The number of fused-ring (bicyclic) bond motifs is 1. The number of aromatic nitrogens is 4. The van der Waals surface area contributed by atoms with Gasteiger partial charge in [-0.1, -0.05) is 23.9 Å². The van der Waals surface area contributed by atoms with Crippen LogP contribution in [0.1, 0.15) is 18.2 Å². The van der Waals surface area contributed by atoms with Gasteiger partial charge in [0.25, 0.3) is 5.56 Å². The number of morpholine rings is 1. The molecule has 8 nitrogen and oxygen atoms in total. The summed E-state index contributed by atoms with van der Waals surface area (Å²) in [6, 6.07) is 7.47. The Balaban J connectivity index is 1.54. The third kappa shape index (κ3) is 4.43. The van der Waals surface area contributed by atoms with Gasteiger partial charge in [0.2, 0.25) is 11.8 Å². The van der Waals surface area contributed by atoms with Crippen LogP contribution >= 0.6 is 11.8 Å². The first-order valence-electron chi connectivity index (χ1n) is 9.42. The second-order valence-electron chi connectivity index (χ2n) is 6.68. The summed E-state index contributed by atoms with van der Waals surface area (Å²) < 4.78 is 12.6. The smallest absolute Gasteiger partial charge is 0.262 e. The lowest BCUT2D eigenvalue weighted by Crippen LogP contribution is -2.37. The lowest BCUT2D eigenvalue weighted by Gasteiger charge is -2.26. The monoisotopic (exact) mass is 401 g/mol. The number of para-hydroxylation sites is 1. The Morgan fingerprint density at radius 1 is 1.14 bits per heavy atom. The van der Waals surface area contributed by atoms with Crippen LogP contribution in [0, 0.1) is 6.92 Å². The second kappa shape index (κ2) is 8.85. The van der Waals surface area contributed by atoms with Gasteiger partial charge in [-0.25, -0.2) is 4.98 Å². The number of ether oxygens (including phenoxy) is 1. The molecule has 148 valence electrons. The van der Waals surface area contributed by atoms with E-state index in [1.807, 2.05) is 24.3 Å². The normalized spacial score (nSPS) is 15.3. The van der Waals surface area contributed by atoms with Crippen LogP contribution in [0.5, 0.6) is 0 Å². The fraction of sp³-hybridized carbons (Fsp3) is 0.474. The summed E-state index contributed by atoms with van der Waals surface area (Å²) in [5, 5.41) is 9.21. The highest BCUT2D eigenvalue weighted by Crippen LogP contribution is 2.22. The van der Waals surface area contributed by atoms with Crippen LogP contribution < -0.4 is 5.56 Å². The summed E-state index contributed by atoms with van der Waals surface area (Å²) in [7, 11) is 0. The molecular formula is C19H23N5O3S. The minimum absolute atomic E-state index is 0.00297. The Morgan fingerprint density at radius 2 is 1.96 bits per heavy atom. The molecular weight excluding hydrogens is 378 g/mol. The maximum absolute atomic E-state index is 13.1. The molecule has 4 rings (SSSR count). The van der Waals surface area contributed by atoms with Gasteiger partial charge in [0.1, 0.15) is 0 Å². The molecule has 3 aromatic rings. The first-order chi connectivity index (χ1) is 13.7.